The highest BCUT2D eigenvalue weighted by atomic mass is 15.1. The molecule has 0 saturated carbocycles. The first-order valence-corrected chi connectivity index (χ1v) is 7.04. The maximum Gasteiger partial charge on any atom is 0.0600 e. The van der Waals surface area contributed by atoms with Crippen LogP contribution in [0.5, 0.6) is 0 Å². The molecular formula is C17H20N2. The van der Waals surface area contributed by atoms with Gasteiger partial charge in [0.1, 0.15) is 0 Å². The number of nitrogen functional groups attached to an aromatic ring is 1. The summed E-state index contributed by atoms with van der Waals surface area (Å²) in [7, 11) is 0. The molecule has 0 unspecified atom stereocenters. The number of hydrogen-bond acceptors (Lipinski definition) is 2. The quantitative estimate of drug-likeness (QED) is 0.821. The zero-order valence-electron chi connectivity index (χ0n) is 11.2. The second-order valence-electron chi connectivity index (χ2n) is 5.19. The molecule has 2 aromatic carbocycles. The van der Waals surface area contributed by atoms with Crippen molar-refractivity contribution in [2.75, 3.05) is 23.7 Å². The molecule has 1 saturated heterocycles. The molecule has 0 spiro atoms. The zero-order chi connectivity index (χ0) is 13.1. The molecule has 0 radical (unpaired) electrons. The highest BCUT2D eigenvalue weighted by Gasteiger charge is 2.13. The number of nitrogens with two attached hydrogens (primary N) is 1. The van der Waals surface area contributed by atoms with Crippen molar-refractivity contribution >= 4 is 11.4 Å². The summed E-state index contributed by atoms with van der Waals surface area (Å²) in [4.78, 5) is 2.41. The molecule has 2 nitrogen and oxygen atoms in total. The smallest absolute Gasteiger partial charge is 0.0600 e. The first kappa shape index (κ1) is 12.1. The standard InChI is InChI=1S/C17H20N2/c18-16-13-15(14-7-3-1-4-8-14)9-10-17(16)19-11-5-2-6-12-19/h1,3-4,7-10,13H,2,5-6,11-12,18H2. The van der Waals surface area contributed by atoms with E-state index in [1.807, 2.05) is 6.07 Å². The van der Waals surface area contributed by atoms with E-state index in [2.05, 4.69) is 47.4 Å². The van der Waals surface area contributed by atoms with Gasteiger partial charge >= 0.3 is 0 Å². The summed E-state index contributed by atoms with van der Waals surface area (Å²) in [5, 5.41) is 0. The lowest BCUT2D eigenvalue weighted by Crippen LogP contribution is -2.29. The van der Waals surface area contributed by atoms with E-state index in [0.717, 1.165) is 18.8 Å². The normalized spacial score (nSPS) is 15.5. The summed E-state index contributed by atoms with van der Waals surface area (Å²) in [5.41, 5.74) is 10.7. The second kappa shape index (κ2) is 5.35. The molecule has 0 aliphatic carbocycles. The number of hydrogen-bond donors (Lipinski definition) is 1. The van der Waals surface area contributed by atoms with E-state index in [0.29, 0.717) is 0 Å². The van der Waals surface area contributed by atoms with Gasteiger partial charge in [-0.3, -0.25) is 0 Å². The molecule has 2 aromatic rings. The third-order valence-electron chi connectivity index (χ3n) is 3.83. The number of piperidine rings is 1. The summed E-state index contributed by atoms with van der Waals surface area (Å²) >= 11 is 0. The Kier molecular flexibility index (Phi) is 3.41. The maximum absolute atomic E-state index is 6.25. The molecule has 3 rings (SSSR count). The molecule has 0 amide bonds. The SMILES string of the molecule is Nc1cc(-c2ccccc2)ccc1N1CCCCC1. The summed E-state index contributed by atoms with van der Waals surface area (Å²) < 4.78 is 0. The molecule has 0 aromatic heterocycles. The molecule has 0 bridgehead atoms. The minimum atomic E-state index is 0.892. The molecule has 2 N–H and O–H groups in total. The fraction of sp³-hybridized carbons (Fsp3) is 0.294. The third-order valence-corrected chi connectivity index (χ3v) is 3.83. The van der Waals surface area contributed by atoms with E-state index >= 15 is 0 Å². The Bertz CT molecular complexity index is 542. The van der Waals surface area contributed by atoms with Crippen LogP contribution in [0, 0.1) is 0 Å². The molecule has 1 fully saturated rings. The lowest BCUT2D eigenvalue weighted by atomic mass is 10.0. The molecule has 2 heteroatoms. The predicted octanol–water partition coefficient (Wildman–Crippen LogP) is 3.93. The largest absolute Gasteiger partial charge is 0.397 e. The molecule has 0 atom stereocenters. The van der Waals surface area contributed by atoms with Gasteiger partial charge in [-0.15, -0.1) is 0 Å². The molecule has 19 heavy (non-hydrogen) atoms. The molecular weight excluding hydrogens is 232 g/mol. The van der Waals surface area contributed by atoms with Gasteiger partial charge < -0.3 is 10.6 Å². The minimum absolute atomic E-state index is 0.892. The van der Waals surface area contributed by atoms with E-state index in [-0.39, 0.29) is 0 Å². The van der Waals surface area contributed by atoms with Crippen molar-refractivity contribution in [2.45, 2.75) is 19.3 Å². The van der Waals surface area contributed by atoms with Crippen LogP contribution >= 0.6 is 0 Å². The van der Waals surface area contributed by atoms with Gasteiger partial charge in [0.05, 0.1) is 11.4 Å². The van der Waals surface area contributed by atoms with E-state index in [1.165, 1.54) is 36.1 Å². The van der Waals surface area contributed by atoms with Crippen molar-refractivity contribution in [3.63, 3.8) is 0 Å². The van der Waals surface area contributed by atoms with Gasteiger partial charge in [0.25, 0.3) is 0 Å². The van der Waals surface area contributed by atoms with Gasteiger partial charge in [0, 0.05) is 13.1 Å². The van der Waals surface area contributed by atoms with Crippen LogP contribution in [0.4, 0.5) is 11.4 Å². The first-order valence-electron chi connectivity index (χ1n) is 7.04. The fourth-order valence-electron chi connectivity index (χ4n) is 2.79. The number of benzene rings is 2. The topological polar surface area (TPSA) is 29.3 Å². The van der Waals surface area contributed by atoms with E-state index in [9.17, 15) is 0 Å². The fourth-order valence-corrected chi connectivity index (χ4v) is 2.79. The number of anilines is 2. The summed E-state index contributed by atoms with van der Waals surface area (Å²) in [6, 6.07) is 16.8. The van der Waals surface area contributed by atoms with E-state index < -0.39 is 0 Å². The van der Waals surface area contributed by atoms with Gasteiger partial charge in [-0.05, 0) is 42.5 Å². The highest BCUT2D eigenvalue weighted by Crippen LogP contribution is 2.30. The van der Waals surface area contributed by atoms with Crippen LogP contribution in [-0.2, 0) is 0 Å². The van der Waals surface area contributed by atoms with Gasteiger partial charge in [-0.2, -0.15) is 0 Å². The zero-order valence-corrected chi connectivity index (χ0v) is 11.2. The van der Waals surface area contributed by atoms with Crippen LogP contribution in [-0.4, -0.2) is 13.1 Å². The minimum Gasteiger partial charge on any atom is -0.397 e. The highest BCUT2D eigenvalue weighted by molar-refractivity contribution is 5.76. The van der Waals surface area contributed by atoms with Gasteiger partial charge in [-0.1, -0.05) is 36.4 Å². The second-order valence-corrected chi connectivity index (χ2v) is 5.19. The molecule has 1 heterocycles. The van der Waals surface area contributed by atoms with Crippen LogP contribution < -0.4 is 10.6 Å². The van der Waals surface area contributed by atoms with Crippen molar-refractivity contribution in [2.24, 2.45) is 0 Å². The molecule has 1 aliphatic heterocycles. The van der Waals surface area contributed by atoms with Crippen molar-refractivity contribution < 1.29 is 0 Å². The Morgan fingerprint density at radius 3 is 2.21 bits per heavy atom. The van der Waals surface area contributed by atoms with Crippen LogP contribution in [0.15, 0.2) is 48.5 Å². The summed E-state index contributed by atoms with van der Waals surface area (Å²) in [5.74, 6) is 0. The van der Waals surface area contributed by atoms with Gasteiger partial charge in [-0.25, -0.2) is 0 Å². The Labute approximate surface area is 114 Å². The van der Waals surface area contributed by atoms with Crippen LogP contribution in [0.25, 0.3) is 11.1 Å². The van der Waals surface area contributed by atoms with Crippen LogP contribution in [0.1, 0.15) is 19.3 Å². The Morgan fingerprint density at radius 2 is 1.53 bits per heavy atom. The molecule has 98 valence electrons. The van der Waals surface area contributed by atoms with Crippen molar-refractivity contribution in [3.8, 4) is 11.1 Å². The lowest BCUT2D eigenvalue weighted by molar-refractivity contribution is 0.578. The third kappa shape index (κ3) is 2.58. The predicted molar refractivity (Wildman–Crippen MR) is 82.4 cm³/mol. The van der Waals surface area contributed by atoms with Crippen molar-refractivity contribution in [1.82, 2.24) is 0 Å². The Balaban J connectivity index is 1.89. The van der Waals surface area contributed by atoms with Gasteiger partial charge in [0.2, 0.25) is 0 Å². The monoisotopic (exact) mass is 252 g/mol. The van der Waals surface area contributed by atoms with E-state index in [4.69, 9.17) is 5.73 Å². The van der Waals surface area contributed by atoms with Crippen LogP contribution in [0.2, 0.25) is 0 Å². The van der Waals surface area contributed by atoms with Gasteiger partial charge in [0.15, 0.2) is 0 Å². The average molecular weight is 252 g/mol. The van der Waals surface area contributed by atoms with Crippen molar-refractivity contribution in [1.29, 1.82) is 0 Å². The lowest BCUT2D eigenvalue weighted by Gasteiger charge is -2.30. The average Bonchev–Trinajstić information content (AvgIpc) is 2.49. The number of nitrogens with zero attached hydrogens (tertiary/aromatic N) is 1. The van der Waals surface area contributed by atoms with Crippen molar-refractivity contribution in [3.05, 3.63) is 48.5 Å². The molecule has 1 aliphatic rings. The van der Waals surface area contributed by atoms with E-state index in [1.54, 1.807) is 0 Å². The summed E-state index contributed by atoms with van der Waals surface area (Å²) in [6.07, 6.45) is 3.90. The maximum atomic E-state index is 6.25. The summed E-state index contributed by atoms with van der Waals surface area (Å²) in [6.45, 7) is 2.27. The first-order chi connectivity index (χ1) is 9.34. The number of rotatable bonds is 2. The van der Waals surface area contributed by atoms with Crippen LogP contribution in [0.3, 0.4) is 0 Å². The Morgan fingerprint density at radius 1 is 0.789 bits per heavy atom. The Hall–Kier alpha value is -1.96.